The van der Waals surface area contributed by atoms with Crippen molar-refractivity contribution in [2.45, 2.75) is 50.6 Å². The van der Waals surface area contributed by atoms with Gasteiger partial charge in [0.25, 0.3) is 11.8 Å². The highest BCUT2D eigenvalue weighted by atomic mass is 32.1. The molecule has 4 aromatic carbocycles. The molecule has 0 spiro atoms. The number of hydrogen-bond acceptors (Lipinski definition) is 10. The smallest absolute Gasteiger partial charge is 0.261 e. The molecule has 0 saturated carbocycles. The molecule has 2 aliphatic rings. The molecule has 2 saturated heterocycles. The zero-order valence-corrected chi connectivity index (χ0v) is 34.6. The molecule has 2 atom stereocenters. The van der Waals surface area contributed by atoms with Gasteiger partial charge in [-0.15, -0.1) is 22.7 Å². The second kappa shape index (κ2) is 20.1. The largest absolute Gasteiger partial charge is 0.484 e. The Bertz CT molecular complexity index is 2200. The molecule has 2 aliphatic heterocycles. The average Bonchev–Trinajstić information content (AvgIpc) is 4.00. The van der Waals surface area contributed by atoms with E-state index in [9.17, 15) is 19.2 Å². The fraction of sp³-hybridized carbons (Fsp3) is 0.261. The first kappa shape index (κ1) is 41.8. The van der Waals surface area contributed by atoms with E-state index in [2.05, 4.69) is 0 Å². The van der Waals surface area contributed by atoms with Crippen molar-refractivity contribution in [2.75, 3.05) is 26.3 Å². The number of primary amides is 2. The number of aromatic nitrogens is 2. The second-order valence-electron chi connectivity index (χ2n) is 14.4. The number of ether oxygens (including phenoxy) is 2. The maximum absolute atomic E-state index is 12.9. The van der Waals surface area contributed by atoms with Gasteiger partial charge in [-0.2, -0.15) is 0 Å². The van der Waals surface area contributed by atoms with Crippen molar-refractivity contribution in [3.63, 3.8) is 0 Å². The normalized spacial score (nSPS) is 16.3. The van der Waals surface area contributed by atoms with Crippen LogP contribution in [0.25, 0.3) is 22.5 Å². The van der Waals surface area contributed by atoms with Gasteiger partial charge < -0.3 is 30.7 Å². The summed E-state index contributed by atoms with van der Waals surface area (Å²) >= 11 is 3.12. The summed E-state index contributed by atoms with van der Waals surface area (Å²) < 4.78 is 11.3. The molecule has 0 aliphatic carbocycles. The Kier molecular flexibility index (Phi) is 14.0. The van der Waals surface area contributed by atoms with Crippen molar-refractivity contribution in [3.8, 4) is 34.0 Å². The molecule has 2 aromatic heterocycles. The molecule has 4 heterocycles. The third-order valence-electron chi connectivity index (χ3n) is 10.4. The Hall–Kier alpha value is -6.38. The van der Waals surface area contributed by atoms with Crippen LogP contribution in [0.2, 0.25) is 0 Å². The number of thiazole rings is 2. The van der Waals surface area contributed by atoms with Crippen LogP contribution in [0.5, 0.6) is 11.5 Å². The fourth-order valence-electron chi connectivity index (χ4n) is 7.22. The summed E-state index contributed by atoms with van der Waals surface area (Å²) in [5.41, 5.74) is 15.1. The van der Waals surface area contributed by atoms with Crippen molar-refractivity contribution in [2.24, 2.45) is 11.5 Å². The first-order chi connectivity index (χ1) is 29.2. The van der Waals surface area contributed by atoms with Gasteiger partial charge in [-0.3, -0.25) is 19.2 Å². The van der Waals surface area contributed by atoms with Gasteiger partial charge in [-0.25, -0.2) is 9.97 Å². The number of benzene rings is 4. The zero-order chi connectivity index (χ0) is 41.8. The van der Waals surface area contributed by atoms with Crippen LogP contribution in [0.3, 0.4) is 0 Å². The summed E-state index contributed by atoms with van der Waals surface area (Å²) in [6, 6.07) is 32.9. The van der Waals surface area contributed by atoms with E-state index in [0.717, 1.165) is 71.1 Å². The maximum atomic E-state index is 12.9. The Morgan fingerprint density at radius 2 is 0.933 bits per heavy atom. The van der Waals surface area contributed by atoms with Gasteiger partial charge in [0.05, 0.1) is 23.5 Å². The molecule has 0 bridgehead atoms. The molecule has 8 rings (SSSR count). The van der Waals surface area contributed by atoms with Crippen LogP contribution in [-0.4, -0.2) is 69.7 Å². The Morgan fingerprint density at radius 3 is 1.30 bits per heavy atom. The molecule has 2 fully saturated rings. The topological polar surface area (TPSA) is 171 Å². The quantitative estimate of drug-likeness (QED) is 0.125. The van der Waals surface area contributed by atoms with E-state index >= 15 is 0 Å². The van der Waals surface area contributed by atoms with Gasteiger partial charge in [0.1, 0.15) is 21.5 Å². The SMILES string of the molecule is NC(=O)c1ccc(-c2csc([C@H]3CCCCN3C(=O)COc3ccccc3)n2)cc1.NC(=O)c1ccc(-c2csc([C@H]3CCCCN3C(=O)COc3ccccc3)n2)cc1. The number of likely N-dealkylation sites (tertiary alicyclic amines) is 2. The Balaban J connectivity index is 0.000000181. The molecule has 4 amide bonds. The summed E-state index contributed by atoms with van der Waals surface area (Å²) in [6.45, 7) is 1.47. The molecule has 60 heavy (non-hydrogen) atoms. The van der Waals surface area contributed by atoms with Crippen molar-refractivity contribution in [1.82, 2.24) is 19.8 Å². The monoisotopic (exact) mass is 842 g/mol. The molecular formula is C46H46N6O6S2. The van der Waals surface area contributed by atoms with Crippen LogP contribution in [0, 0.1) is 0 Å². The van der Waals surface area contributed by atoms with Crippen LogP contribution in [0.4, 0.5) is 0 Å². The van der Waals surface area contributed by atoms with Crippen LogP contribution in [0.1, 0.15) is 81.3 Å². The van der Waals surface area contributed by atoms with Gasteiger partial charge in [0.2, 0.25) is 11.8 Å². The number of hydrogen-bond donors (Lipinski definition) is 2. The van der Waals surface area contributed by atoms with Gasteiger partial charge in [0, 0.05) is 46.1 Å². The Morgan fingerprint density at radius 1 is 0.550 bits per heavy atom. The minimum Gasteiger partial charge on any atom is -0.484 e. The lowest BCUT2D eigenvalue weighted by molar-refractivity contribution is -0.138. The van der Waals surface area contributed by atoms with Crippen LogP contribution in [0.15, 0.2) is 120 Å². The molecule has 12 nitrogen and oxygen atoms in total. The summed E-state index contributed by atoms with van der Waals surface area (Å²) in [7, 11) is 0. The third-order valence-corrected chi connectivity index (χ3v) is 12.3. The minimum atomic E-state index is -0.449. The van der Waals surface area contributed by atoms with E-state index < -0.39 is 11.8 Å². The van der Waals surface area contributed by atoms with Gasteiger partial charge in [-0.1, -0.05) is 60.7 Å². The van der Waals surface area contributed by atoms with E-state index in [0.29, 0.717) is 35.7 Å². The molecule has 14 heteroatoms. The highest BCUT2D eigenvalue weighted by Crippen LogP contribution is 2.36. The van der Waals surface area contributed by atoms with Crippen molar-refractivity contribution in [1.29, 1.82) is 0 Å². The molecule has 4 N–H and O–H groups in total. The third kappa shape index (κ3) is 10.6. The van der Waals surface area contributed by atoms with Crippen LogP contribution in [-0.2, 0) is 9.59 Å². The lowest BCUT2D eigenvalue weighted by Gasteiger charge is -2.34. The standard InChI is InChI=1S/2C23H23N3O3S/c2*24-22(28)17-11-9-16(10-12-17)19-15-30-23(25-19)20-8-4-5-13-26(20)21(27)14-29-18-6-2-1-3-7-18/h2*1-3,6-7,9-12,15,20H,4-5,8,13-14H2,(H2,24,28)/t2*20-/m11/s1. The summed E-state index contributed by atoms with van der Waals surface area (Å²) in [4.78, 5) is 61.6. The molecule has 0 radical (unpaired) electrons. The number of carbonyl (C=O) groups excluding carboxylic acids is 4. The minimum absolute atomic E-state index is 0.0212. The van der Waals surface area contributed by atoms with E-state index in [4.69, 9.17) is 30.9 Å². The average molecular weight is 843 g/mol. The summed E-state index contributed by atoms with van der Waals surface area (Å²) in [5, 5.41) is 5.84. The van der Waals surface area contributed by atoms with E-state index in [-0.39, 0.29) is 37.1 Å². The lowest BCUT2D eigenvalue weighted by atomic mass is 10.0. The number of nitrogens with two attached hydrogens (primary N) is 2. The number of para-hydroxylation sites is 2. The summed E-state index contributed by atoms with van der Waals surface area (Å²) in [5.74, 6) is 0.437. The molecule has 6 aromatic rings. The van der Waals surface area contributed by atoms with Crippen LogP contribution < -0.4 is 20.9 Å². The first-order valence-electron chi connectivity index (χ1n) is 19.9. The first-order valence-corrected chi connectivity index (χ1v) is 21.7. The zero-order valence-electron chi connectivity index (χ0n) is 33.0. The number of rotatable bonds is 12. The maximum Gasteiger partial charge on any atom is 0.261 e. The summed E-state index contributed by atoms with van der Waals surface area (Å²) in [6.07, 6.45) is 5.89. The lowest BCUT2D eigenvalue weighted by Crippen LogP contribution is -2.41. The van der Waals surface area contributed by atoms with E-state index in [1.54, 1.807) is 46.9 Å². The molecule has 0 unspecified atom stereocenters. The predicted octanol–water partition coefficient (Wildman–Crippen LogP) is 8.08. The van der Waals surface area contributed by atoms with Gasteiger partial charge in [0.15, 0.2) is 13.2 Å². The van der Waals surface area contributed by atoms with E-state index in [1.165, 1.54) is 0 Å². The Labute approximate surface area is 356 Å². The highest BCUT2D eigenvalue weighted by Gasteiger charge is 2.32. The highest BCUT2D eigenvalue weighted by molar-refractivity contribution is 7.10. The van der Waals surface area contributed by atoms with Gasteiger partial charge in [-0.05, 0) is 87.1 Å². The molecule has 308 valence electrons. The van der Waals surface area contributed by atoms with Crippen LogP contribution >= 0.6 is 22.7 Å². The number of piperidine rings is 2. The predicted molar refractivity (Wildman–Crippen MR) is 233 cm³/mol. The number of nitrogens with zero attached hydrogens (tertiary/aromatic N) is 4. The van der Waals surface area contributed by atoms with Crippen molar-refractivity contribution >= 4 is 46.3 Å². The number of carbonyl (C=O) groups is 4. The fourth-order valence-corrected chi connectivity index (χ4v) is 9.17. The van der Waals surface area contributed by atoms with Gasteiger partial charge >= 0.3 is 0 Å². The number of amides is 4. The van der Waals surface area contributed by atoms with E-state index in [1.807, 2.05) is 105 Å². The van der Waals surface area contributed by atoms with Crippen molar-refractivity contribution in [3.05, 3.63) is 141 Å². The molecular weight excluding hydrogens is 797 g/mol. The second-order valence-corrected chi connectivity index (χ2v) is 16.2. The van der Waals surface area contributed by atoms with Crippen molar-refractivity contribution < 1.29 is 28.7 Å².